The number of halogens is 3. The lowest BCUT2D eigenvalue weighted by Crippen LogP contribution is -2.01. The molecule has 0 spiro atoms. The topological polar surface area (TPSA) is 35.2 Å². The number of ether oxygens (including phenoxy) is 1. The number of hydrogen-bond acceptors (Lipinski definition) is 2. The van der Waals surface area contributed by atoms with Crippen LogP contribution < -0.4 is 10.5 Å². The van der Waals surface area contributed by atoms with E-state index in [-0.39, 0.29) is 12.2 Å². The van der Waals surface area contributed by atoms with E-state index < -0.39 is 11.6 Å². The SMILES string of the molecule is NCc1cc(OCc2cc(F)ccc2F)ccc1Br. The Balaban J connectivity index is 2.12. The van der Waals surface area contributed by atoms with Gasteiger partial charge in [0, 0.05) is 16.6 Å². The van der Waals surface area contributed by atoms with E-state index in [1.165, 1.54) is 0 Å². The molecule has 2 N–H and O–H groups in total. The largest absolute Gasteiger partial charge is 0.489 e. The summed E-state index contributed by atoms with van der Waals surface area (Å²) in [7, 11) is 0. The smallest absolute Gasteiger partial charge is 0.130 e. The van der Waals surface area contributed by atoms with Crippen LogP contribution in [0.25, 0.3) is 0 Å². The molecule has 2 nitrogen and oxygen atoms in total. The number of hydrogen-bond donors (Lipinski definition) is 1. The van der Waals surface area contributed by atoms with E-state index in [1.807, 2.05) is 0 Å². The third kappa shape index (κ3) is 3.52. The third-order valence-electron chi connectivity index (χ3n) is 2.64. The molecule has 0 fully saturated rings. The van der Waals surface area contributed by atoms with Crippen LogP contribution in [-0.4, -0.2) is 0 Å². The van der Waals surface area contributed by atoms with Crippen LogP contribution in [0.3, 0.4) is 0 Å². The molecule has 2 rings (SSSR count). The molecule has 0 radical (unpaired) electrons. The molecule has 0 bridgehead atoms. The summed E-state index contributed by atoms with van der Waals surface area (Å²) in [6.07, 6.45) is 0. The highest BCUT2D eigenvalue weighted by molar-refractivity contribution is 9.10. The van der Waals surface area contributed by atoms with E-state index >= 15 is 0 Å². The maximum Gasteiger partial charge on any atom is 0.130 e. The molecule has 0 saturated heterocycles. The molecule has 0 aromatic heterocycles. The molecule has 2 aromatic rings. The van der Waals surface area contributed by atoms with E-state index in [1.54, 1.807) is 18.2 Å². The highest BCUT2D eigenvalue weighted by atomic mass is 79.9. The van der Waals surface area contributed by atoms with Gasteiger partial charge in [0.05, 0.1) is 0 Å². The monoisotopic (exact) mass is 327 g/mol. The molecule has 0 amide bonds. The van der Waals surface area contributed by atoms with Gasteiger partial charge in [-0.3, -0.25) is 0 Å². The zero-order chi connectivity index (χ0) is 13.8. The summed E-state index contributed by atoms with van der Waals surface area (Å²) in [5.74, 6) is -0.414. The Labute approximate surface area is 118 Å². The Morgan fingerprint density at radius 2 is 1.84 bits per heavy atom. The van der Waals surface area contributed by atoms with Crippen LogP contribution in [0, 0.1) is 11.6 Å². The Morgan fingerprint density at radius 1 is 1.05 bits per heavy atom. The predicted molar refractivity (Wildman–Crippen MR) is 72.7 cm³/mol. The fraction of sp³-hybridized carbons (Fsp3) is 0.143. The average Bonchev–Trinajstić information content (AvgIpc) is 2.41. The van der Waals surface area contributed by atoms with Crippen LogP contribution in [0.4, 0.5) is 8.78 Å². The molecule has 5 heteroatoms. The van der Waals surface area contributed by atoms with Gasteiger partial charge in [0.15, 0.2) is 0 Å². The van der Waals surface area contributed by atoms with Gasteiger partial charge >= 0.3 is 0 Å². The van der Waals surface area contributed by atoms with Crippen molar-refractivity contribution in [2.45, 2.75) is 13.2 Å². The van der Waals surface area contributed by atoms with Crippen LogP contribution in [0.1, 0.15) is 11.1 Å². The summed E-state index contributed by atoms with van der Waals surface area (Å²) in [6, 6.07) is 8.59. The molecule has 0 aliphatic carbocycles. The molecule has 0 heterocycles. The van der Waals surface area contributed by atoms with Crippen molar-refractivity contribution >= 4 is 15.9 Å². The minimum atomic E-state index is -0.488. The molecule has 0 saturated carbocycles. The molecule has 0 aliphatic heterocycles. The van der Waals surface area contributed by atoms with Crippen molar-refractivity contribution in [1.82, 2.24) is 0 Å². The Hall–Kier alpha value is -1.46. The Kier molecular flexibility index (Phi) is 4.50. The van der Waals surface area contributed by atoms with Gasteiger partial charge in [0.25, 0.3) is 0 Å². The zero-order valence-electron chi connectivity index (χ0n) is 10.00. The number of nitrogens with two attached hydrogens (primary N) is 1. The number of benzene rings is 2. The minimum Gasteiger partial charge on any atom is -0.489 e. The Bertz CT molecular complexity index is 590. The molecule has 0 atom stereocenters. The van der Waals surface area contributed by atoms with Crippen molar-refractivity contribution < 1.29 is 13.5 Å². The van der Waals surface area contributed by atoms with Gasteiger partial charge in [-0.05, 0) is 42.0 Å². The summed E-state index contributed by atoms with van der Waals surface area (Å²) in [6.45, 7) is 0.335. The first kappa shape index (κ1) is 14.0. The van der Waals surface area contributed by atoms with Gasteiger partial charge in [0.1, 0.15) is 24.0 Å². The van der Waals surface area contributed by atoms with E-state index in [0.717, 1.165) is 28.2 Å². The lowest BCUT2D eigenvalue weighted by molar-refractivity contribution is 0.298. The molecule has 0 unspecified atom stereocenters. The average molecular weight is 328 g/mol. The molecule has 100 valence electrons. The van der Waals surface area contributed by atoms with Crippen molar-refractivity contribution in [2.24, 2.45) is 5.73 Å². The fourth-order valence-electron chi connectivity index (χ4n) is 1.61. The van der Waals surface area contributed by atoms with Crippen LogP contribution in [0.15, 0.2) is 40.9 Å². The number of rotatable bonds is 4. The van der Waals surface area contributed by atoms with Crippen molar-refractivity contribution in [3.8, 4) is 5.75 Å². The van der Waals surface area contributed by atoms with Gasteiger partial charge < -0.3 is 10.5 Å². The summed E-state index contributed by atoms with van der Waals surface area (Å²) >= 11 is 3.36. The maximum atomic E-state index is 13.4. The first-order valence-corrected chi connectivity index (χ1v) is 6.44. The second kappa shape index (κ2) is 6.12. The highest BCUT2D eigenvalue weighted by Crippen LogP contribution is 2.23. The summed E-state index contributed by atoms with van der Waals surface area (Å²) in [4.78, 5) is 0. The van der Waals surface area contributed by atoms with Crippen molar-refractivity contribution in [3.05, 3.63) is 63.6 Å². The molecule has 19 heavy (non-hydrogen) atoms. The predicted octanol–water partition coefficient (Wildman–Crippen LogP) is 3.77. The van der Waals surface area contributed by atoms with Crippen molar-refractivity contribution in [3.63, 3.8) is 0 Å². The second-order valence-electron chi connectivity index (χ2n) is 3.98. The molecular weight excluding hydrogens is 316 g/mol. The van der Waals surface area contributed by atoms with Crippen LogP contribution in [-0.2, 0) is 13.2 Å². The molecule has 2 aromatic carbocycles. The van der Waals surface area contributed by atoms with Crippen molar-refractivity contribution in [2.75, 3.05) is 0 Å². The van der Waals surface area contributed by atoms with Crippen LogP contribution in [0.5, 0.6) is 5.75 Å². The van der Waals surface area contributed by atoms with E-state index in [2.05, 4.69) is 15.9 Å². The summed E-state index contributed by atoms with van der Waals surface area (Å²) < 4.78 is 32.7. The van der Waals surface area contributed by atoms with Gasteiger partial charge in [0.2, 0.25) is 0 Å². The minimum absolute atomic E-state index is 0.0325. The zero-order valence-corrected chi connectivity index (χ0v) is 11.6. The summed E-state index contributed by atoms with van der Waals surface area (Å²) in [5.41, 5.74) is 6.64. The van der Waals surface area contributed by atoms with Crippen LogP contribution in [0.2, 0.25) is 0 Å². The van der Waals surface area contributed by atoms with Gasteiger partial charge in [-0.25, -0.2) is 8.78 Å². The highest BCUT2D eigenvalue weighted by Gasteiger charge is 2.06. The van der Waals surface area contributed by atoms with Crippen molar-refractivity contribution in [1.29, 1.82) is 0 Å². The van der Waals surface area contributed by atoms with E-state index in [9.17, 15) is 8.78 Å². The van der Waals surface area contributed by atoms with E-state index in [4.69, 9.17) is 10.5 Å². The Morgan fingerprint density at radius 3 is 2.58 bits per heavy atom. The first-order chi connectivity index (χ1) is 9.10. The van der Waals surface area contributed by atoms with Gasteiger partial charge in [-0.1, -0.05) is 15.9 Å². The fourth-order valence-corrected chi connectivity index (χ4v) is 2.02. The second-order valence-corrected chi connectivity index (χ2v) is 4.84. The third-order valence-corrected chi connectivity index (χ3v) is 3.41. The maximum absolute atomic E-state index is 13.4. The van der Waals surface area contributed by atoms with Crippen LogP contribution >= 0.6 is 15.9 Å². The normalized spacial score (nSPS) is 10.5. The lowest BCUT2D eigenvalue weighted by atomic mass is 10.2. The standard InChI is InChI=1S/C14H12BrF2NO/c15-13-3-2-12(6-9(13)7-18)19-8-10-5-11(16)1-4-14(10)17/h1-6H,7-8,18H2. The summed E-state index contributed by atoms with van der Waals surface area (Å²) in [5, 5.41) is 0. The quantitative estimate of drug-likeness (QED) is 0.927. The van der Waals surface area contributed by atoms with Gasteiger partial charge in [-0.2, -0.15) is 0 Å². The first-order valence-electron chi connectivity index (χ1n) is 5.65. The molecular formula is C14H12BrF2NO. The molecule has 0 aliphatic rings. The van der Waals surface area contributed by atoms with E-state index in [0.29, 0.717) is 12.3 Å². The van der Waals surface area contributed by atoms with Gasteiger partial charge in [-0.15, -0.1) is 0 Å². The lowest BCUT2D eigenvalue weighted by Gasteiger charge is -2.09.